The standard InChI is InChI=1S/C15H19N3O/c1-19-14-5-3-2-4-13(14)12-7-10-18(11-8-12)15-6-9-16-17-15/h2-6,9,12H,7-8,10-11H2,1H3,(H,16,17). The van der Waals surface area contributed by atoms with Crippen molar-refractivity contribution in [3.05, 3.63) is 42.1 Å². The van der Waals surface area contributed by atoms with Crippen LogP contribution in [0.2, 0.25) is 0 Å². The lowest BCUT2D eigenvalue weighted by atomic mass is 9.89. The van der Waals surface area contributed by atoms with Gasteiger partial charge in [-0.15, -0.1) is 0 Å². The van der Waals surface area contributed by atoms with Gasteiger partial charge in [0.15, 0.2) is 0 Å². The summed E-state index contributed by atoms with van der Waals surface area (Å²) >= 11 is 0. The number of hydrogen-bond acceptors (Lipinski definition) is 3. The van der Waals surface area contributed by atoms with Gasteiger partial charge in [-0.25, -0.2) is 0 Å². The SMILES string of the molecule is COc1ccccc1C1CCN(c2ccn[nH]2)CC1. The summed E-state index contributed by atoms with van der Waals surface area (Å²) in [7, 11) is 1.75. The van der Waals surface area contributed by atoms with Gasteiger partial charge in [0.25, 0.3) is 0 Å². The zero-order valence-electron chi connectivity index (χ0n) is 11.2. The summed E-state index contributed by atoms with van der Waals surface area (Å²) in [6.07, 6.45) is 4.11. The number of rotatable bonds is 3. The third kappa shape index (κ3) is 2.43. The maximum absolute atomic E-state index is 5.47. The monoisotopic (exact) mass is 257 g/mol. The first-order valence-corrected chi connectivity index (χ1v) is 6.75. The number of nitrogens with zero attached hydrogens (tertiary/aromatic N) is 2. The Morgan fingerprint density at radius 3 is 2.68 bits per heavy atom. The normalized spacial score (nSPS) is 16.6. The molecule has 2 aromatic rings. The van der Waals surface area contributed by atoms with Gasteiger partial charge in [0.1, 0.15) is 11.6 Å². The van der Waals surface area contributed by atoms with Crippen molar-refractivity contribution >= 4 is 5.82 Å². The van der Waals surface area contributed by atoms with Crippen LogP contribution >= 0.6 is 0 Å². The van der Waals surface area contributed by atoms with E-state index >= 15 is 0 Å². The Balaban J connectivity index is 1.70. The highest BCUT2D eigenvalue weighted by atomic mass is 16.5. The van der Waals surface area contributed by atoms with Gasteiger partial charge in [-0.2, -0.15) is 5.10 Å². The zero-order chi connectivity index (χ0) is 13.1. The van der Waals surface area contributed by atoms with Crippen molar-refractivity contribution in [2.75, 3.05) is 25.1 Å². The minimum Gasteiger partial charge on any atom is -0.496 e. The molecule has 0 radical (unpaired) electrons. The van der Waals surface area contributed by atoms with Crippen LogP contribution in [0.15, 0.2) is 36.5 Å². The van der Waals surface area contributed by atoms with E-state index in [4.69, 9.17) is 4.74 Å². The van der Waals surface area contributed by atoms with Crippen LogP contribution < -0.4 is 9.64 Å². The number of aromatic amines is 1. The number of piperidine rings is 1. The highest BCUT2D eigenvalue weighted by molar-refractivity contribution is 5.40. The molecule has 0 bridgehead atoms. The van der Waals surface area contributed by atoms with Crippen molar-refractivity contribution in [2.24, 2.45) is 0 Å². The van der Waals surface area contributed by atoms with Crippen LogP contribution in [0.4, 0.5) is 5.82 Å². The zero-order valence-corrected chi connectivity index (χ0v) is 11.2. The van der Waals surface area contributed by atoms with E-state index in [1.807, 2.05) is 18.3 Å². The van der Waals surface area contributed by atoms with Gasteiger partial charge in [-0.1, -0.05) is 18.2 Å². The van der Waals surface area contributed by atoms with Crippen molar-refractivity contribution in [3.63, 3.8) is 0 Å². The molecule has 1 aliphatic heterocycles. The van der Waals surface area contributed by atoms with Gasteiger partial charge < -0.3 is 9.64 Å². The Kier molecular flexibility index (Phi) is 3.40. The molecule has 3 rings (SSSR count). The van der Waals surface area contributed by atoms with Crippen molar-refractivity contribution < 1.29 is 4.74 Å². The Morgan fingerprint density at radius 1 is 1.21 bits per heavy atom. The highest BCUT2D eigenvalue weighted by Gasteiger charge is 2.23. The molecule has 0 unspecified atom stereocenters. The molecule has 0 saturated carbocycles. The highest BCUT2D eigenvalue weighted by Crippen LogP contribution is 2.34. The Morgan fingerprint density at radius 2 is 2.00 bits per heavy atom. The molecule has 0 aliphatic carbocycles. The summed E-state index contributed by atoms with van der Waals surface area (Å²) in [4.78, 5) is 2.36. The van der Waals surface area contributed by atoms with Gasteiger partial charge >= 0.3 is 0 Å². The van der Waals surface area contributed by atoms with E-state index in [9.17, 15) is 0 Å². The van der Waals surface area contributed by atoms with Crippen LogP contribution in [0, 0.1) is 0 Å². The third-order valence-corrected chi connectivity index (χ3v) is 3.90. The predicted molar refractivity (Wildman–Crippen MR) is 75.8 cm³/mol. The number of aromatic nitrogens is 2. The van der Waals surface area contributed by atoms with Crippen molar-refractivity contribution in [3.8, 4) is 5.75 Å². The average molecular weight is 257 g/mol. The summed E-state index contributed by atoms with van der Waals surface area (Å²) in [5.74, 6) is 2.73. The smallest absolute Gasteiger partial charge is 0.123 e. The van der Waals surface area contributed by atoms with E-state index in [1.165, 1.54) is 5.56 Å². The Labute approximate surface area is 113 Å². The van der Waals surface area contributed by atoms with E-state index in [1.54, 1.807) is 7.11 Å². The lowest BCUT2D eigenvalue weighted by molar-refractivity contribution is 0.397. The molecule has 19 heavy (non-hydrogen) atoms. The molecule has 0 amide bonds. The Bertz CT molecular complexity index is 516. The summed E-state index contributed by atoms with van der Waals surface area (Å²) in [6.45, 7) is 2.12. The van der Waals surface area contributed by atoms with Crippen molar-refractivity contribution in [1.29, 1.82) is 0 Å². The van der Waals surface area contributed by atoms with Crippen LogP contribution in [0.25, 0.3) is 0 Å². The lowest BCUT2D eigenvalue weighted by Gasteiger charge is -2.33. The minimum absolute atomic E-state index is 0.593. The maximum atomic E-state index is 5.47. The van der Waals surface area contributed by atoms with Crippen LogP contribution in [-0.2, 0) is 0 Å². The quantitative estimate of drug-likeness (QED) is 0.919. The summed E-state index contributed by atoms with van der Waals surface area (Å²) in [5, 5.41) is 7.05. The lowest BCUT2D eigenvalue weighted by Crippen LogP contribution is -2.33. The largest absolute Gasteiger partial charge is 0.496 e. The first kappa shape index (κ1) is 12.1. The fraction of sp³-hybridized carbons (Fsp3) is 0.400. The van der Waals surface area contributed by atoms with Crippen LogP contribution in [-0.4, -0.2) is 30.4 Å². The second kappa shape index (κ2) is 5.34. The van der Waals surface area contributed by atoms with E-state index in [0.29, 0.717) is 5.92 Å². The summed E-state index contributed by atoms with van der Waals surface area (Å²) in [6, 6.07) is 10.4. The van der Waals surface area contributed by atoms with Crippen molar-refractivity contribution in [2.45, 2.75) is 18.8 Å². The number of ether oxygens (including phenoxy) is 1. The van der Waals surface area contributed by atoms with Crippen LogP contribution in [0.3, 0.4) is 0 Å². The molecule has 100 valence electrons. The molecular formula is C15H19N3O. The first-order valence-electron chi connectivity index (χ1n) is 6.75. The number of para-hydroxylation sites is 1. The maximum Gasteiger partial charge on any atom is 0.123 e. The van der Waals surface area contributed by atoms with E-state index in [-0.39, 0.29) is 0 Å². The van der Waals surface area contributed by atoms with Crippen LogP contribution in [0.5, 0.6) is 5.75 Å². The van der Waals surface area contributed by atoms with Gasteiger partial charge in [0, 0.05) is 19.2 Å². The number of benzene rings is 1. The Hall–Kier alpha value is -1.97. The second-order valence-corrected chi connectivity index (χ2v) is 4.95. The minimum atomic E-state index is 0.593. The molecule has 1 fully saturated rings. The molecule has 1 N–H and O–H groups in total. The second-order valence-electron chi connectivity index (χ2n) is 4.95. The molecule has 1 aliphatic rings. The van der Waals surface area contributed by atoms with Crippen molar-refractivity contribution in [1.82, 2.24) is 10.2 Å². The van der Waals surface area contributed by atoms with Gasteiger partial charge in [0.2, 0.25) is 0 Å². The number of H-pyrrole nitrogens is 1. The molecule has 4 heteroatoms. The number of anilines is 1. The predicted octanol–water partition coefficient (Wildman–Crippen LogP) is 2.80. The average Bonchev–Trinajstić information content (AvgIpc) is 3.02. The number of hydrogen-bond donors (Lipinski definition) is 1. The number of nitrogens with one attached hydrogen (secondary N) is 1. The fourth-order valence-electron chi connectivity index (χ4n) is 2.86. The van der Waals surface area contributed by atoms with Gasteiger partial charge in [-0.3, -0.25) is 5.10 Å². The number of methoxy groups -OCH3 is 1. The van der Waals surface area contributed by atoms with Crippen LogP contribution in [0.1, 0.15) is 24.3 Å². The molecule has 0 spiro atoms. The first-order chi connectivity index (χ1) is 9.38. The topological polar surface area (TPSA) is 41.1 Å². The van der Waals surface area contributed by atoms with Gasteiger partial charge in [-0.05, 0) is 30.4 Å². The van der Waals surface area contributed by atoms with E-state index in [2.05, 4.69) is 33.3 Å². The van der Waals surface area contributed by atoms with Gasteiger partial charge in [0.05, 0.1) is 13.3 Å². The van der Waals surface area contributed by atoms with E-state index < -0.39 is 0 Å². The molecular weight excluding hydrogens is 238 g/mol. The molecule has 1 aromatic carbocycles. The summed E-state index contributed by atoms with van der Waals surface area (Å²) < 4.78 is 5.47. The molecule has 1 saturated heterocycles. The molecule has 2 heterocycles. The van der Waals surface area contributed by atoms with E-state index in [0.717, 1.165) is 37.5 Å². The third-order valence-electron chi connectivity index (χ3n) is 3.90. The molecule has 1 aromatic heterocycles. The molecule has 4 nitrogen and oxygen atoms in total. The molecule has 0 atom stereocenters. The summed E-state index contributed by atoms with van der Waals surface area (Å²) in [5.41, 5.74) is 1.34. The fourth-order valence-corrected chi connectivity index (χ4v) is 2.86.